The van der Waals surface area contributed by atoms with Crippen LogP contribution in [-0.2, 0) is 0 Å². The number of nitrogens with two attached hydrogens (primary N) is 1. The molecule has 2 aromatic rings. The minimum Gasteiger partial charge on any atom is -0.384 e. The molecule has 0 radical (unpaired) electrons. The van der Waals surface area contributed by atoms with Crippen molar-refractivity contribution in [2.75, 3.05) is 5.75 Å². The zero-order valence-electron chi connectivity index (χ0n) is 11.8. The van der Waals surface area contributed by atoms with E-state index < -0.39 is 0 Å². The second-order valence-electron chi connectivity index (χ2n) is 4.27. The maximum atomic E-state index is 11.5. The van der Waals surface area contributed by atoms with Crippen molar-refractivity contribution in [1.29, 1.82) is 5.41 Å². The van der Waals surface area contributed by atoms with Crippen molar-refractivity contribution in [3.63, 3.8) is 0 Å². The highest BCUT2D eigenvalue weighted by Crippen LogP contribution is 2.33. The average molecular weight is 320 g/mol. The number of hydrogen-bond donors (Lipinski definition) is 3. The largest absolute Gasteiger partial charge is 0.384 e. The molecule has 0 aliphatic heterocycles. The summed E-state index contributed by atoms with van der Waals surface area (Å²) >= 11 is 2.94. The Kier molecular flexibility index (Phi) is 5.08. The van der Waals surface area contributed by atoms with Crippen LogP contribution >= 0.6 is 23.5 Å². The number of nitrogens with one attached hydrogen (secondary N) is 2. The first-order valence-electron chi connectivity index (χ1n) is 6.37. The highest BCUT2D eigenvalue weighted by molar-refractivity contribution is 8.00. The van der Waals surface area contributed by atoms with Crippen molar-refractivity contribution in [2.45, 2.75) is 28.8 Å². The van der Waals surface area contributed by atoms with Gasteiger partial charge in [-0.05, 0) is 24.8 Å². The first kappa shape index (κ1) is 15.7. The van der Waals surface area contributed by atoms with E-state index in [0.717, 1.165) is 15.5 Å². The number of aryl methyl sites for hydroxylation is 1. The lowest BCUT2D eigenvalue weighted by atomic mass is 10.2. The summed E-state index contributed by atoms with van der Waals surface area (Å²) in [6.07, 6.45) is 0. The molecule has 0 fully saturated rings. The lowest BCUT2D eigenvalue weighted by Gasteiger charge is -2.12. The molecule has 4 N–H and O–H groups in total. The molecule has 0 amide bonds. The number of H-pyrrole nitrogens is 1. The molecule has 0 atom stereocenters. The lowest BCUT2D eigenvalue weighted by Crippen LogP contribution is -2.14. The number of amidine groups is 1. The molecule has 5 nitrogen and oxygen atoms in total. The van der Waals surface area contributed by atoms with Crippen LogP contribution in [0.4, 0.5) is 0 Å². The van der Waals surface area contributed by atoms with E-state index in [0.29, 0.717) is 16.4 Å². The molecule has 21 heavy (non-hydrogen) atoms. The van der Waals surface area contributed by atoms with Gasteiger partial charge in [0, 0.05) is 27.1 Å². The van der Waals surface area contributed by atoms with Crippen LogP contribution in [0.2, 0.25) is 0 Å². The van der Waals surface area contributed by atoms with Crippen molar-refractivity contribution < 1.29 is 0 Å². The lowest BCUT2D eigenvalue weighted by molar-refractivity contribution is 0.905. The maximum Gasteiger partial charge on any atom is 0.251 e. The van der Waals surface area contributed by atoms with Crippen molar-refractivity contribution in [2.24, 2.45) is 5.73 Å². The molecular formula is C14H16N4OS2. The molecule has 2 rings (SSSR count). The number of benzene rings is 1. The predicted molar refractivity (Wildman–Crippen MR) is 87.6 cm³/mol. The first-order valence-corrected chi connectivity index (χ1v) is 8.17. The van der Waals surface area contributed by atoms with E-state index in [1.54, 1.807) is 18.7 Å². The normalized spacial score (nSPS) is 10.6. The van der Waals surface area contributed by atoms with Crippen LogP contribution in [0.5, 0.6) is 0 Å². The quantitative estimate of drug-likeness (QED) is 0.341. The number of aromatic amines is 1. The fourth-order valence-corrected chi connectivity index (χ4v) is 3.77. The Labute approximate surface area is 131 Å². The van der Waals surface area contributed by atoms with Gasteiger partial charge in [-0.25, -0.2) is 4.98 Å². The Bertz CT molecular complexity index is 727. The van der Waals surface area contributed by atoms with Gasteiger partial charge in [-0.2, -0.15) is 0 Å². The smallest absolute Gasteiger partial charge is 0.251 e. The second kappa shape index (κ2) is 6.82. The van der Waals surface area contributed by atoms with Crippen molar-refractivity contribution >= 4 is 29.4 Å². The SMILES string of the molecule is CCSc1cccc(Sc2nc(C)cc(=O)[nH]2)c1C(=N)N. The molecule has 7 heteroatoms. The number of hydrogen-bond acceptors (Lipinski definition) is 5. The second-order valence-corrected chi connectivity index (χ2v) is 6.61. The van der Waals surface area contributed by atoms with Crippen molar-refractivity contribution in [1.82, 2.24) is 9.97 Å². The van der Waals surface area contributed by atoms with Crippen LogP contribution in [0.25, 0.3) is 0 Å². The molecular weight excluding hydrogens is 304 g/mol. The molecule has 0 saturated heterocycles. The zero-order chi connectivity index (χ0) is 15.4. The van der Waals surface area contributed by atoms with E-state index in [2.05, 4.69) is 9.97 Å². The average Bonchev–Trinajstić information content (AvgIpc) is 2.37. The van der Waals surface area contributed by atoms with Crippen LogP contribution in [0.1, 0.15) is 18.2 Å². The highest BCUT2D eigenvalue weighted by Gasteiger charge is 2.13. The van der Waals surface area contributed by atoms with Crippen LogP contribution < -0.4 is 11.3 Å². The fraction of sp³-hybridized carbons (Fsp3) is 0.214. The fourth-order valence-electron chi connectivity index (χ4n) is 1.84. The summed E-state index contributed by atoms with van der Waals surface area (Å²) < 4.78 is 0. The first-order chi connectivity index (χ1) is 10.0. The molecule has 0 saturated carbocycles. The highest BCUT2D eigenvalue weighted by atomic mass is 32.2. The number of rotatable bonds is 5. The standard InChI is InChI=1S/C14H16N4OS2/c1-3-20-9-5-4-6-10(12(9)13(15)16)21-14-17-8(2)7-11(19)18-14/h4-7H,3H2,1-2H3,(H3,15,16)(H,17,18,19). The molecule has 110 valence electrons. The minimum atomic E-state index is -0.187. The summed E-state index contributed by atoms with van der Waals surface area (Å²) in [5, 5.41) is 8.31. The van der Waals surface area contributed by atoms with E-state index in [-0.39, 0.29) is 11.4 Å². The van der Waals surface area contributed by atoms with Crippen LogP contribution in [0.3, 0.4) is 0 Å². The molecule has 1 heterocycles. The van der Waals surface area contributed by atoms with Crippen molar-refractivity contribution in [3.05, 3.63) is 45.9 Å². The Hall–Kier alpha value is -1.73. The summed E-state index contributed by atoms with van der Waals surface area (Å²) in [6, 6.07) is 7.19. The number of nitrogens with zero attached hydrogens (tertiary/aromatic N) is 1. The van der Waals surface area contributed by atoms with Gasteiger partial charge >= 0.3 is 0 Å². The van der Waals surface area contributed by atoms with Gasteiger partial charge in [-0.1, -0.05) is 24.8 Å². The topological polar surface area (TPSA) is 95.6 Å². The van der Waals surface area contributed by atoms with Crippen LogP contribution in [-0.4, -0.2) is 21.6 Å². The third-order valence-electron chi connectivity index (χ3n) is 2.61. The summed E-state index contributed by atoms with van der Waals surface area (Å²) in [4.78, 5) is 20.3. The summed E-state index contributed by atoms with van der Waals surface area (Å²) in [5.41, 5.74) is 6.89. The summed E-state index contributed by atoms with van der Waals surface area (Å²) in [7, 11) is 0. The van der Waals surface area contributed by atoms with Crippen LogP contribution in [0, 0.1) is 12.3 Å². The molecule has 0 aliphatic carbocycles. The minimum absolute atomic E-state index is 0.0176. The molecule has 0 aliphatic rings. The Morgan fingerprint density at radius 3 is 2.76 bits per heavy atom. The monoisotopic (exact) mass is 320 g/mol. The van der Waals surface area contributed by atoms with Crippen molar-refractivity contribution in [3.8, 4) is 0 Å². The van der Waals surface area contributed by atoms with Gasteiger partial charge in [0.05, 0.1) is 0 Å². The maximum absolute atomic E-state index is 11.5. The van der Waals surface area contributed by atoms with Gasteiger partial charge in [0.15, 0.2) is 5.16 Å². The Morgan fingerprint density at radius 1 is 1.43 bits per heavy atom. The Morgan fingerprint density at radius 2 is 2.14 bits per heavy atom. The molecule has 1 aromatic heterocycles. The molecule has 0 bridgehead atoms. The van der Waals surface area contributed by atoms with E-state index in [1.807, 2.05) is 25.1 Å². The van der Waals surface area contributed by atoms with Gasteiger partial charge in [0.2, 0.25) is 0 Å². The number of nitrogen functional groups attached to an aromatic ring is 1. The number of aromatic nitrogens is 2. The van der Waals surface area contributed by atoms with E-state index in [1.165, 1.54) is 17.8 Å². The molecule has 1 aromatic carbocycles. The van der Waals surface area contributed by atoms with E-state index in [4.69, 9.17) is 11.1 Å². The Balaban J connectivity index is 2.46. The zero-order valence-corrected chi connectivity index (χ0v) is 13.4. The van der Waals surface area contributed by atoms with E-state index >= 15 is 0 Å². The molecule has 0 unspecified atom stereocenters. The number of thioether (sulfide) groups is 1. The summed E-state index contributed by atoms with van der Waals surface area (Å²) in [6.45, 7) is 3.82. The van der Waals surface area contributed by atoms with Crippen LogP contribution in [0.15, 0.2) is 44.0 Å². The van der Waals surface area contributed by atoms with Gasteiger partial charge in [0.25, 0.3) is 5.56 Å². The third-order valence-corrected chi connectivity index (χ3v) is 4.50. The predicted octanol–water partition coefficient (Wildman–Crippen LogP) is 2.63. The van der Waals surface area contributed by atoms with E-state index in [9.17, 15) is 4.79 Å². The molecule has 0 spiro atoms. The van der Waals surface area contributed by atoms with Gasteiger partial charge in [0.1, 0.15) is 5.84 Å². The van der Waals surface area contributed by atoms with Gasteiger partial charge in [-0.3, -0.25) is 10.2 Å². The van der Waals surface area contributed by atoms with Gasteiger partial charge in [-0.15, -0.1) is 11.8 Å². The summed E-state index contributed by atoms with van der Waals surface area (Å²) in [5.74, 6) is 0.914. The van der Waals surface area contributed by atoms with Gasteiger partial charge < -0.3 is 10.7 Å². The third kappa shape index (κ3) is 3.89.